The molecule has 1 N–H and O–H groups in total. The molecule has 3 rings (SSSR count). The molecule has 1 unspecified atom stereocenters. The summed E-state index contributed by atoms with van der Waals surface area (Å²) in [5.74, 6) is 1.81. The van der Waals surface area contributed by atoms with E-state index in [-0.39, 0.29) is 6.04 Å². The van der Waals surface area contributed by atoms with Crippen LogP contribution in [0.15, 0.2) is 48.5 Å². The summed E-state index contributed by atoms with van der Waals surface area (Å²) in [5.41, 5.74) is 2.31. The van der Waals surface area contributed by atoms with Gasteiger partial charge in [0.1, 0.15) is 0 Å². The Bertz CT molecular complexity index is 639. The minimum atomic E-state index is -4.31. The number of benzene rings is 2. The molecule has 1 heterocycles. The van der Waals surface area contributed by atoms with Gasteiger partial charge >= 0.3 is 6.18 Å². The number of hydrogen-bond donors (Lipinski definition) is 1. The summed E-state index contributed by atoms with van der Waals surface area (Å²) in [4.78, 5) is 0. The fourth-order valence-electron chi connectivity index (χ4n) is 2.49. The third-order valence-corrected chi connectivity index (χ3v) is 4.59. The van der Waals surface area contributed by atoms with Crippen LogP contribution in [-0.2, 0) is 11.9 Å². The molecule has 0 radical (unpaired) electrons. The molecule has 110 valence electrons. The van der Waals surface area contributed by atoms with Crippen molar-refractivity contribution >= 4 is 17.4 Å². The Morgan fingerprint density at radius 2 is 1.86 bits per heavy atom. The summed E-state index contributed by atoms with van der Waals surface area (Å²) in [6.45, 7) is 0. The molecule has 0 aliphatic carbocycles. The van der Waals surface area contributed by atoms with Gasteiger partial charge in [-0.05, 0) is 29.3 Å². The van der Waals surface area contributed by atoms with Gasteiger partial charge in [-0.1, -0.05) is 30.3 Å². The monoisotopic (exact) mass is 309 g/mol. The topological polar surface area (TPSA) is 12.0 Å². The standard InChI is InChI=1S/C16H14F3NS/c17-16(18,19)12-5-3-6-13(8-12)20-15-10-21-9-11-4-1-2-7-14(11)15/h1-8,15,20H,9-10H2. The van der Waals surface area contributed by atoms with Gasteiger partial charge in [0.2, 0.25) is 0 Å². The molecule has 2 aromatic rings. The maximum absolute atomic E-state index is 12.8. The molecule has 1 aliphatic rings. The van der Waals surface area contributed by atoms with E-state index < -0.39 is 11.7 Å². The van der Waals surface area contributed by atoms with Gasteiger partial charge in [-0.2, -0.15) is 24.9 Å². The van der Waals surface area contributed by atoms with E-state index in [0.717, 1.165) is 17.6 Å². The van der Waals surface area contributed by atoms with E-state index in [1.807, 2.05) is 18.2 Å². The first-order valence-electron chi connectivity index (χ1n) is 6.63. The summed E-state index contributed by atoms with van der Waals surface area (Å²) in [5, 5.41) is 3.23. The van der Waals surface area contributed by atoms with Gasteiger partial charge in [0.05, 0.1) is 11.6 Å². The smallest absolute Gasteiger partial charge is 0.377 e. The second-order valence-corrected chi connectivity index (χ2v) is 6.02. The molecule has 2 aromatic carbocycles. The van der Waals surface area contributed by atoms with Gasteiger partial charge in [-0.15, -0.1) is 0 Å². The number of hydrogen-bond acceptors (Lipinski definition) is 2. The van der Waals surface area contributed by atoms with Crippen LogP contribution in [0.2, 0.25) is 0 Å². The normalized spacial score (nSPS) is 18.1. The molecule has 1 nitrogen and oxygen atoms in total. The number of thioether (sulfide) groups is 1. The first-order valence-corrected chi connectivity index (χ1v) is 7.79. The Balaban J connectivity index is 1.85. The number of anilines is 1. The van der Waals surface area contributed by atoms with Crippen LogP contribution in [0.1, 0.15) is 22.7 Å². The van der Waals surface area contributed by atoms with Gasteiger partial charge in [-0.25, -0.2) is 0 Å². The third kappa shape index (κ3) is 3.18. The number of halogens is 3. The first-order chi connectivity index (χ1) is 10.0. The van der Waals surface area contributed by atoms with E-state index in [0.29, 0.717) is 5.69 Å². The molecule has 0 fully saturated rings. The largest absolute Gasteiger partial charge is 0.416 e. The fraction of sp³-hybridized carbons (Fsp3) is 0.250. The molecular weight excluding hydrogens is 295 g/mol. The average molecular weight is 309 g/mol. The first kappa shape index (κ1) is 14.3. The van der Waals surface area contributed by atoms with Gasteiger partial charge in [0.25, 0.3) is 0 Å². The maximum Gasteiger partial charge on any atom is 0.416 e. The minimum Gasteiger partial charge on any atom is -0.377 e. The Hall–Kier alpha value is -1.62. The molecular formula is C16H14F3NS. The van der Waals surface area contributed by atoms with Crippen molar-refractivity contribution in [3.05, 3.63) is 65.2 Å². The van der Waals surface area contributed by atoms with Crippen LogP contribution in [0.5, 0.6) is 0 Å². The van der Waals surface area contributed by atoms with Crippen LogP contribution in [-0.4, -0.2) is 5.75 Å². The van der Waals surface area contributed by atoms with Crippen molar-refractivity contribution in [3.8, 4) is 0 Å². The highest BCUT2D eigenvalue weighted by Gasteiger charge is 2.30. The molecule has 0 saturated heterocycles. The van der Waals surface area contributed by atoms with Crippen molar-refractivity contribution in [1.29, 1.82) is 0 Å². The lowest BCUT2D eigenvalue weighted by Crippen LogP contribution is -2.19. The van der Waals surface area contributed by atoms with Gasteiger partial charge < -0.3 is 5.32 Å². The van der Waals surface area contributed by atoms with Crippen LogP contribution in [0.3, 0.4) is 0 Å². The van der Waals surface area contributed by atoms with Crippen LogP contribution in [0.25, 0.3) is 0 Å². The summed E-state index contributed by atoms with van der Waals surface area (Å²) >= 11 is 1.79. The van der Waals surface area contributed by atoms with Crippen LogP contribution >= 0.6 is 11.8 Å². The van der Waals surface area contributed by atoms with Crippen LogP contribution in [0, 0.1) is 0 Å². The molecule has 1 aliphatic heterocycles. The van der Waals surface area contributed by atoms with E-state index in [2.05, 4.69) is 11.4 Å². The maximum atomic E-state index is 12.8. The van der Waals surface area contributed by atoms with Gasteiger partial charge in [0.15, 0.2) is 0 Å². The molecule has 0 spiro atoms. The summed E-state index contributed by atoms with van der Waals surface area (Å²) in [6.07, 6.45) is -4.31. The molecule has 0 amide bonds. The zero-order valence-corrected chi connectivity index (χ0v) is 12.0. The van der Waals surface area contributed by atoms with E-state index >= 15 is 0 Å². The Labute approximate surface area is 125 Å². The van der Waals surface area contributed by atoms with Crippen molar-refractivity contribution < 1.29 is 13.2 Å². The lowest BCUT2D eigenvalue weighted by atomic mass is 10.0. The third-order valence-electron chi connectivity index (χ3n) is 3.50. The van der Waals surface area contributed by atoms with Crippen molar-refractivity contribution in [2.45, 2.75) is 18.0 Å². The van der Waals surface area contributed by atoms with Gasteiger partial charge in [0, 0.05) is 17.2 Å². The molecule has 0 bridgehead atoms. The molecule has 21 heavy (non-hydrogen) atoms. The van der Waals surface area contributed by atoms with E-state index in [1.165, 1.54) is 23.3 Å². The lowest BCUT2D eigenvalue weighted by molar-refractivity contribution is -0.137. The summed E-state index contributed by atoms with van der Waals surface area (Å²) < 4.78 is 38.3. The zero-order chi connectivity index (χ0) is 14.9. The van der Waals surface area contributed by atoms with Crippen LogP contribution in [0.4, 0.5) is 18.9 Å². The summed E-state index contributed by atoms with van der Waals surface area (Å²) in [7, 11) is 0. The van der Waals surface area contributed by atoms with Crippen molar-refractivity contribution in [1.82, 2.24) is 0 Å². The molecule has 0 saturated carbocycles. The number of rotatable bonds is 2. The molecule has 1 atom stereocenters. The predicted octanol–water partition coefficient (Wildman–Crippen LogP) is 5.11. The Morgan fingerprint density at radius 1 is 1.05 bits per heavy atom. The summed E-state index contributed by atoms with van der Waals surface area (Å²) in [6, 6.07) is 13.5. The Morgan fingerprint density at radius 3 is 2.67 bits per heavy atom. The van der Waals surface area contributed by atoms with E-state index in [9.17, 15) is 13.2 Å². The Kier molecular flexibility index (Phi) is 3.85. The van der Waals surface area contributed by atoms with Crippen molar-refractivity contribution in [3.63, 3.8) is 0 Å². The molecule has 0 aromatic heterocycles. The van der Waals surface area contributed by atoms with Gasteiger partial charge in [-0.3, -0.25) is 0 Å². The average Bonchev–Trinajstić information content (AvgIpc) is 2.47. The minimum absolute atomic E-state index is 0.0448. The van der Waals surface area contributed by atoms with E-state index in [4.69, 9.17) is 0 Å². The van der Waals surface area contributed by atoms with Crippen LogP contribution < -0.4 is 5.32 Å². The number of alkyl halides is 3. The fourth-order valence-corrected chi connectivity index (χ4v) is 3.59. The SMILES string of the molecule is FC(F)(F)c1cccc(NC2CSCc3ccccc32)c1. The number of nitrogens with one attached hydrogen (secondary N) is 1. The predicted molar refractivity (Wildman–Crippen MR) is 80.4 cm³/mol. The lowest BCUT2D eigenvalue weighted by Gasteiger charge is -2.27. The number of fused-ring (bicyclic) bond motifs is 1. The van der Waals surface area contributed by atoms with Crippen molar-refractivity contribution in [2.75, 3.05) is 11.1 Å². The highest BCUT2D eigenvalue weighted by atomic mass is 32.2. The second-order valence-electron chi connectivity index (χ2n) is 4.99. The quantitative estimate of drug-likeness (QED) is 0.827. The highest BCUT2D eigenvalue weighted by Crippen LogP contribution is 2.35. The van der Waals surface area contributed by atoms with E-state index in [1.54, 1.807) is 17.8 Å². The zero-order valence-electron chi connectivity index (χ0n) is 11.2. The van der Waals surface area contributed by atoms with Crippen molar-refractivity contribution in [2.24, 2.45) is 0 Å². The highest BCUT2D eigenvalue weighted by molar-refractivity contribution is 7.98. The second kappa shape index (κ2) is 5.64. The molecule has 5 heteroatoms.